The highest BCUT2D eigenvalue weighted by Gasteiger charge is 2.30. The van der Waals surface area contributed by atoms with Gasteiger partial charge in [-0.1, -0.05) is 90.4 Å². The van der Waals surface area contributed by atoms with Crippen LogP contribution in [0, 0.1) is 0 Å². The minimum Gasteiger partial charge on any atom is -0.465 e. The lowest BCUT2D eigenvalue weighted by molar-refractivity contribution is -0.148. The summed E-state index contributed by atoms with van der Waals surface area (Å²) in [5, 5.41) is 0. The van der Waals surface area contributed by atoms with Crippen LogP contribution in [0.5, 0.6) is 0 Å². The Bertz CT molecular complexity index is 332. The number of carbonyl (C=O) groups excluding carboxylic acids is 1. The van der Waals surface area contributed by atoms with Crippen molar-refractivity contribution in [2.24, 2.45) is 0 Å². The highest BCUT2D eigenvalue weighted by atomic mass is 16.5. The largest absolute Gasteiger partial charge is 0.465 e. The van der Waals surface area contributed by atoms with Gasteiger partial charge in [0.15, 0.2) is 0 Å². The molecule has 1 saturated heterocycles. The Morgan fingerprint density at radius 3 is 1.81 bits per heavy atom. The van der Waals surface area contributed by atoms with Crippen LogP contribution in [0.15, 0.2) is 0 Å². The van der Waals surface area contributed by atoms with Crippen LogP contribution < -0.4 is 0 Å². The minimum absolute atomic E-state index is 0.00429. The number of ether oxygens (including phenoxy) is 1. The zero-order valence-corrected chi connectivity index (χ0v) is 17.8. The van der Waals surface area contributed by atoms with Crippen molar-refractivity contribution in [1.29, 1.82) is 0 Å². The molecule has 1 heterocycles. The third-order valence-corrected chi connectivity index (χ3v) is 5.72. The topological polar surface area (TPSA) is 29.5 Å². The summed E-state index contributed by atoms with van der Waals surface area (Å²) in [7, 11) is 0. The van der Waals surface area contributed by atoms with Gasteiger partial charge in [0.1, 0.15) is 6.04 Å². The third-order valence-electron chi connectivity index (χ3n) is 5.72. The van der Waals surface area contributed by atoms with E-state index in [1.54, 1.807) is 0 Å². The predicted molar refractivity (Wildman–Crippen MR) is 112 cm³/mol. The SMILES string of the molecule is CCCCCCCCCCCCCCCCN1CCC[C@H]1C(=O)OCC. The van der Waals surface area contributed by atoms with Crippen LogP contribution >= 0.6 is 0 Å². The van der Waals surface area contributed by atoms with Crippen molar-refractivity contribution in [1.82, 2.24) is 4.90 Å². The summed E-state index contributed by atoms with van der Waals surface area (Å²) in [5.74, 6) is -0.00429. The predicted octanol–water partition coefficient (Wildman–Crippen LogP) is 6.50. The molecule has 1 aliphatic rings. The average Bonchev–Trinajstić information content (AvgIpc) is 3.11. The first-order valence-electron chi connectivity index (χ1n) is 11.7. The van der Waals surface area contributed by atoms with E-state index >= 15 is 0 Å². The second kappa shape index (κ2) is 16.6. The molecule has 26 heavy (non-hydrogen) atoms. The number of hydrogen-bond acceptors (Lipinski definition) is 3. The molecule has 0 aliphatic carbocycles. The molecule has 1 aliphatic heterocycles. The lowest BCUT2D eigenvalue weighted by Gasteiger charge is -2.22. The fraction of sp³-hybridized carbons (Fsp3) is 0.957. The monoisotopic (exact) mass is 367 g/mol. The Morgan fingerprint density at radius 1 is 0.808 bits per heavy atom. The van der Waals surface area contributed by atoms with Gasteiger partial charge in [-0.3, -0.25) is 9.69 Å². The summed E-state index contributed by atoms with van der Waals surface area (Å²) in [6.07, 6.45) is 21.7. The molecule has 0 aromatic carbocycles. The van der Waals surface area contributed by atoms with Crippen molar-refractivity contribution in [3.63, 3.8) is 0 Å². The maximum atomic E-state index is 11.9. The Balaban J connectivity index is 1.85. The summed E-state index contributed by atoms with van der Waals surface area (Å²) in [6.45, 7) is 6.82. The maximum Gasteiger partial charge on any atom is 0.323 e. The van der Waals surface area contributed by atoms with Gasteiger partial charge < -0.3 is 4.74 Å². The second-order valence-electron chi connectivity index (χ2n) is 8.04. The van der Waals surface area contributed by atoms with Crippen molar-refractivity contribution < 1.29 is 9.53 Å². The second-order valence-corrected chi connectivity index (χ2v) is 8.04. The molecule has 0 radical (unpaired) electrons. The van der Waals surface area contributed by atoms with Crippen molar-refractivity contribution in [2.45, 2.75) is 123 Å². The van der Waals surface area contributed by atoms with E-state index in [9.17, 15) is 4.79 Å². The van der Waals surface area contributed by atoms with Gasteiger partial charge in [-0.15, -0.1) is 0 Å². The van der Waals surface area contributed by atoms with Crippen molar-refractivity contribution >= 4 is 5.97 Å². The zero-order valence-electron chi connectivity index (χ0n) is 17.8. The normalized spacial score (nSPS) is 17.7. The van der Waals surface area contributed by atoms with Crippen LogP contribution in [0.25, 0.3) is 0 Å². The van der Waals surface area contributed by atoms with Gasteiger partial charge in [0.05, 0.1) is 6.61 Å². The first-order valence-corrected chi connectivity index (χ1v) is 11.7. The van der Waals surface area contributed by atoms with E-state index in [0.29, 0.717) is 6.61 Å². The minimum atomic E-state index is -0.00429. The fourth-order valence-corrected chi connectivity index (χ4v) is 4.11. The molecular weight excluding hydrogens is 322 g/mol. The van der Waals surface area contributed by atoms with Gasteiger partial charge in [-0.25, -0.2) is 0 Å². The number of nitrogens with zero attached hydrogens (tertiary/aromatic N) is 1. The fourth-order valence-electron chi connectivity index (χ4n) is 4.11. The van der Waals surface area contributed by atoms with Gasteiger partial charge >= 0.3 is 5.97 Å². The van der Waals surface area contributed by atoms with E-state index in [-0.39, 0.29) is 12.0 Å². The maximum absolute atomic E-state index is 11.9. The van der Waals surface area contributed by atoms with Crippen LogP contribution in [0.3, 0.4) is 0 Å². The Kier molecular flexibility index (Phi) is 15.0. The molecule has 154 valence electrons. The molecule has 0 saturated carbocycles. The number of likely N-dealkylation sites (tertiary alicyclic amines) is 1. The summed E-state index contributed by atoms with van der Waals surface area (Å²) in [4.78, 5) is 14.3. The van der Waals surface area contributed by atoms with Crippen LogP contribution in [0.4, 0.5) is 0 Å². The van der Waals surface area contributed by atoms with Gasteiger partial charge in [0, 0.05) is 0 Å². The molecule has 1 rings (SSSR count). The van der Waals surface area contributed by atoms with E-state index in [1.807, 2.05) is 6.92 Å². The number of unbranched alkanes of at least 4 members (excludes halogenated alkanes) is 13. The van der Waals surface area contributed by atoms with E-state index in [0.717, 1.165) is 25.9 Å². The molecule has 1 fully saturated rings. The molecule has 0 unspecified atom stereocenters. The Labute approximate surface area is 163 Å². The average molecular weight is 368 g/mol. The van der Waals surface area contributed by atoms with Crippen LogP contribution in [-0.4, -0.2) is 36.6 Å². The van der Waals surface area contributed by atoms with Gasteiger partial charge in [-0.2, -0.15) is 0 Å². The van der Waals surface area contributed by atoms with Crippen LogP contribution in [0.1, 0.15) is 117 Å². The van der Waals surface area contributed by atoms with E-state index in [2.05, 4.69) is 11.8 Å². The number of carbonyl (C=O) groups is 1. The molecule has 0 N–H and O–H groups in total. The summed E-state index contributed by atoms with van der Waals surface area (Å²) >= 11 is 0. The summed E-state index contributed by atoms with van der Waals surface area (Å²) in [6, 6.07) is 0.0388. The standard InChI is InChI=1S/C23H45NO2/c1-3-5-6-7-8-9-10-11-12-13-14-15-16-17-20-24-21-18-19-22(24)23(25)26-4-2/h22H,3-21H2,1-2H3/t22-/m0/s1. The van der Waals surface area contributed by atoms with Gasteiger partial charge in [0.2, 0.25) is 0 Å². The summed E-state index contributed by atoms with van der Waals surface area (Å²) < 4.78 is 5.20. The quantitative estimate of drug-likeness (QED) is 0.217. The Hall–Kier alpha value is -0.570. The van der Waals surface area contributed by atoms with Crippen molar-refractivity contribution in [3.8, 4) is 0 Å². The highest BCUT2D eigenvalue weighted by molar-refractivity contribution is 5.76. The molecule has 0 aromatic rings. The molecule has 0 aromatic heterocycles. The van der Waals surface area contributed by atoms with E-state index in [1.165, 1.54) is 89.9 Å². The molecule has 0 bridgehead atoms. The van der Waals surface area contributed by atoms with Gasteiger partial charge in [0.25, 0.3) is 0 Å². The van der Waals surface area contributed by atoms with Crippen molar-refractivity contribution in [2.75, 3.05) is 19.7 Å². The van der Waals surface area contributed by atoms with E-state index in [4.69, 9.17) is 4.74 Å². The number of hydrogen-bond donors (Lipinski definition) is 0. The number of rotatable bonds is 17. The van der Waals surface area contributed by atoms with Crippen LogP contribution in [0.2, 0.25) is 0 Å². The lowest BCUT2D eigenvalue weighted by Crippen LogP contribution is -2.37. The van der Waals surface area contributed by atoms with Gasteiger partial charge in [-0.05, 0) is 39.3 Å². The molecule has 3 heteroatoms. The van der Waals surface area contributed by atoms with Crippen molar-refractivity contribution in [3.05, 3.63) is 0 Å². The first-order chi connectivity index (χ1) is 12.8. The molecule has 3 nitrogen and oxygen atoms in total. The molecule has 1 atom stereocenters. The first kappa shape index (κ1) is 23.5. The molecule has 0 spiro atoms. The molecule has 0 amide bonds. The number of esters is 1. The van der Waals surface area contributed by atoms with E-state index < -0.39 is 0 Å². The highest BCUT2D eigenvalue weighted by Crippen LogP contribution is 2.20. The smallest absolute Gasteiger partial charge is 0.323 e. The third kappa shape index (κ3) is 11.2. The summed E-state index contributed by atoms with van der Waals surface area (Å²) in [5.41, 5.74) is 0. The lowest BCUT2D eigenvalue weighted by atomic mass is 10.0. The Morgan fingerprint density at radius 2 is 1.31 bits per heavy atom. The molecular formula is C23H45NO2. The zero-order chi connectivity index (χ0) is 18.9. The van der Waals surface area contributed by atoms with Crippen LogP contribution in [-0.2, 0) is 9.53 Å².